The zero-order valence-electron chi connectivity index (χ0n) is 11.6. The zero-order valence-corrected chi connectivity index (χ0v) is 12.4. The molecule has 110 valence electrons. The molecule has 2 aromatic rings. The van der Waals surface area contributed by atoms with Crippen LogP contribution in [0.4, 0.5) is 0 Å². The van der Waals surface area contributed by atoms with E-state index in [0.717, 1.165) is 11.1 Å². The van der Waals surface area contributed by atoms with Gasteiger partial charge in [-0.15, -0.1) is 0 Å². The van der Waals surface area contributed by atoms with Gasteiger partial charge in [0.05, 0.1) is 6.61 Å². The van der Waals surface area contributed by atoms with Gasteiger partial charge in [-0.3, -0.25) is 9.63 Å². The largest absolute Gasteiger partial charge is 0.484 e. The molecule has 1 N–H and O–H groups in total. The average Bonchev–Trinajstić information content (AvgIpc) is 2.49. The third-order valence-electron chi connectivity index (χ3n) is 2.77. The summed E-state index contributed by atoms with van der Waals surface area (Å²) in [7, 11) is 0. The van der Waals surface area contributed by atoms with E-state index in [9.17, 15) is 4.79 Å². The third-order valence-corrected chi connectivity index (χ3v) is 3.19. The van der Waals surface area contributed by atoms with Crippen molar-refractivity contribution in [3.63, 3.8) is 0 Å². The Hall–Kier alpha value is -2.04. The van der Waals surface area contributed by atoms with Gasteiger partial charge < -0.3 is 4.74 Å². The summed E-state index contributed by atoms with van der Waals surface area (Å²) >= 11 is 5.92. The van der Waals surface area contributed by atoms with E-state index in [1.165, 1.54) is 0 Å². The lowest BCUT2D eigenvalue weighted by atomic mass is 10.2. The Labute approximate surface area is 128 Å². The normalized spacial score (nSPS) is 10.2. The third kappa shape index (κ3) is 5.10. The van der Waals surface area contributed by atoms with Gasteiger partial charge in [0.25, 0.3) is 5.91 Å². The molecule has 0 aliphatic heterocycles. The molecule has 0 saturated heterocycles. The van der Waals surface area contributed by atoms with Gasteiger partial charge in [0, 0.05) is 5.02 Å². The number of carbonyl (C=O) groups is 1. The van der Waals surface area contributed by atoms with Gasteiger partial charge in [0.1, 0.15) is 5.75 Å². The van der Waals surface area contributed by atoms with Crippen molar-refractivity contribution in [3.8, 4) is 5.75 Å². The second kappa shape index (κ2) is 7.67. The Morgan fingerprint density at radius 2 is 1.95 bits per heavy atom. The molecular formula is C16H16ClNO3. The van der Waals surface area contributed by atoms with Crippen LogP contribution in [0.3, 0.4) is 0 Å². The molecule has 2 aromatic carbocycles. The van der Waals surface area contributed by atoms with E-state index in [1.807, 2.05) is 37.3 Å². The van der Waals surface area contributed by atoms with Crippen molar-refractivity contribution in [3.05, 3.63) is 64.7 Å². The Bertz CT molecular complexity index is 602. The van der Waals surface area contributed by atoms with Crippen LogP contribution in [0.5, 0.6) is 5.75 Å². The molecule has 0 atom stereocenters. The first-order valence-electron chi connectivity index (χ1n) is 6.48. The van der Waals surface area contributed by atoms with Gasteiger partial charge in [0.15, 0.2) is 6.61 Å². The number of halogens is 1. The minimum atomic E-state index is -0.349. The first-order valence-corrected chi connectivity index (χ1v) is 6.86. The number of nitrogens with one attached hydrogen (secondary N) is 1. The Kier molecular flexibility index (Phi) is 5.60. The predicted molar refractivity (Wildman–Crippen MR) is 81.1 cm³/mol. The molecule has 0 bridgehead atoms. The van der Waals surface area contributed by atoms with E-state index in [4.69, 9.17) is 21.2 Å². The van der Waals surface area contributed by atoms with E-state index in [1.54, 1.807) is 18.2 Å². The van der Waals surface area contributed by atoms with Crippen LogP contribution in [0.1, 0.15) is 11.1 Å². The minimum Gasteiger partial charge on any atom is -0.484 e. The molecular weight excluding hydrogens is 290 g/mol. The van der Waals surface area contributed by atoms with Crippen molar-refractivity contribution in [2.45, 2.75) is 13.5 Å². The van der Waals surface area contributed by atoms with Crippen molar-refractivity contribution in [1.29, 1.82) is 0 Å². The van der Waals surface area contributed by atoms with E-state index in [2.05, 4.69) is 5.48 Å². The van der Waals surface area contributed by atoms with Gasteiger partial charge in [-0.25, -0.2) is 5.48 Å². The number of hydrogen-bond acceptors (Lipinski definition) is 3. The van der Waals surface area contributed by atoms with E-state index < -0.39 is 0 Å². The molecule has 0 saturated carbocycles. The zero-order chi connectivity index (χ0) is 15.1. The lowest BCUT2D eigenvalue weighted by molar-refractivity contribution is -0.136. The molecule has 4 nitrogen and oxygen atoms in total. The maximum atomic E-state index is 11.6. The maximum absolute atomic E-state index is 11.6. The second-order valence-corrected chi connectivity index (χ2v) is 4.91. The fourth-order valence-electron chi connectivity index (χ4n) is 1.66. The highest BCUT2D eigenvalue weighted by molar-refractivity contribution is 6.31. The van der Waals surface area contributed by atoms with Crippen LogP contribution in [-0.2, 0) is 16.2 Å². The summed E-state index contributed by atoms with van der Waals surface area (Å²) in [5.74, 6) is 0.244. The molecule has 0 spiro atoms. The molecule has 1 amide bonds. The lowest BCUT2D eigenvalue weighted by Crippen LogP contribution is -2.28. The van der Waals surface area contributed by atoms with E-state index in [-0.39, 0.29) is 12.5 Å². The summed E-state index contributed by atoms with van der Waals surface area (Å²) in [6.45, 7) is 2.07. The molecule has 0 radical (unpaired) electrons. The van der Waals surface area contributed by atoms with Gasteiger partial charge in [-0.2, -0.15) is 0 Å². The van der Waals surface area contributed by atoms with Gasteiger partial charge in [-0.1, -0.05) is 41.9 Å². The highest BCUT2D eigenvalue weighted by Crippen LogP contribution is 2.20. The highest BCUT2D eigenvalue weighted by atomic mass is 35.5. The standard InChI is InChI=1S/C16H16ClNO3/c1-12-9-14(7-8-15(12)17)20-11-16(19)18-21-10-13-5-3-2-4-6-13/h2-9H,10-11H2,1H3,(H,18,19). The summed E-state index contributed by atoms with van der Waals surface area (Å²) in [6, 6.07) is 14.8. The van der Waals surface area contributed by atoms with Crippen LogP contribution >= 0.6 is 11.6 Å². The molecule has 0 aliphatic carbocycles. The van der Waals surface area contributed by atoms with Crippen molar-refractivity contribution in [2.75, 3.05) is 6.61 Å². The quantitative estimate of drug-likeness (QED) is 0.833. The van der Waals surface area contributed by atoms with Gasteiger partial charge >= 0.3 is 0 Å². The number of ether oxygens (including phenoxy) is 1. The summed E-state index contributed by atoms with van der Waals surface area (Å²) in [5.41, 5.74) is 4.21. The smallest absolute Gasteiger partial charge is 0.281 e. The topological polar surface area (TPSA) is 47.6 Å². The number of hydroxylamine groups is 1. The molecule has 21 heavy (non-hydrogen) atoms. The number of hydrogen-bond donors (Lipinski definition) is 1. The van der Waals surface area contributed by atoms with Crippen molar-refractivity contribution < 1.29 is 14.4 Å². The SMILES string of the molecule is Cc1cc(OCC(=O)NOCc2ccccc2)ccc1Cl. The van der Waals surface area contributed by atoms with Crippen LogP contribution in [0.25, 0.3) is 0 Å². The average molecular weight is 306 g/mol. The molecule has 0 aromatic heterocycles. The van der Waals surface area contributed by atoms with Crippen LogP contribution < -0.4 is 10.2 Å². The summed E-state index contributed by atoms with van der Waals surface area (Å²) in [4.78, 5) is 16.7. The van der Waals surface area contributed by atoms with Crippen LogP contribution in [0.2, 0.25) is 5.02 Å². The van der Waals surface area contributed by atoms with Crippen molar-refractivity contribution in [2.24, 2.45) is 0 Å². The van der Waals surface area contributed by atoms with Gasteiger partial charge in [0.2, 0.25) is 0 Å². The molecule has 0 unspecified atom stereocenters. The number of rotatable bonds is 6. The first-order chi connectivity index (χ1) is 10.1. The van der Waals surface area contributed by atoms with Crippen LogP contribution in [-0.4, -0.2) is 12.5 Å². The fourth-order valence-corrected chi connectivity index (χ4v) is 1.78. The fraction of sp³-hybridized carbons (Fsp3) is 0.188. The minimum absolute atomic E-state index is 0.115. The van der Waals surface area contributed by atoms with Crippen LogP contribution in [0.15, 0.2) is 48.5 Å². The Morgan fingerprint density at radius 3 is 2.67 bits per heavy atom. The first kappa shape index (κ1) is 15.4. The Balaban J connectivity index is 1.71. The van der Waals surface area contributed by atoms with Crippen molar-refractivity contribution >= 4 is 17.5 Å². The number of aryl methyl sites for hydroxylation is 1. The van der Waals surface area contributed by atoms with Gasteiger partial charge in [-0.05, 0) is 36.2 Å². The monoisotopic (exact) mass is 305 g/mol. The molecule has 0 fully saturated rings. The second-order valence-electron chi connectivity index (χ2n) is 4.50. The number of carbonyl (C=O) groups excluding carboxylic acids is 1. The summed E-state index contributed by atoms with van der Waals surface area (Å²) in [5, 5.41) is 0.665. The molecule has 0 heterocycles. The number of benzene rings is 2. The van der Waals surface area contributed by atoms with E-state index in [0.29, 0.717) is 17.4 Å². The van der Waals surface area contributed by atoms with Crippen molar-refractivity contribution in [1.82, 2.24) is 5.48 Å². The molecule has 5 heteroatoms. The molecule has 2 rings (SSSR count). The summed E-state index contributed by atoms with van der Waals surface area (Å²) < 4.78 is 5.36. The van der Waals surface area contributed by atoms with Crippen LogP contribution in [0, 0.1) is 6.92 Å². The highest BCUT2D eigenvalue weighted by Gasteiger charge is 2.04. The summed E-state index contributed by atoms with van der Waals surface area (Å²) in [6.07, 6.45) is 0. The predicted octanol–water partition coefficient (Wildman–Crippen LogP) is 3.28. The lowest BCUT2D eigenvalue weighted by Gasteiger charge is -2.08. The van der Waals surface area contributed by atoms with E-state index >= 15 is 0 Å². The Morgan fingerprint density at radius 1 is 1.19 bits per heavy atom. The maximum Gasteiger partial charge on any atom is 0.281 e. The molecule has 0 aliphatic rings. The number of amides is 1.